The van der Waals surface area contributed by atoms with Gasteiger partial charge in [-0.3, -0.25) is 9.44 Å². The van der Waals surface area contributed by atoms with E-state index in [0.29, 0.717) is 5.56 Å². The summed E-state index contributed by atoms with van der Waals surface area (Å²) in [6.45, 7) is 1.69. The summed E-state index contributed by atoms with van der Waals surface area (Å²) in [6, 6.07) is 12.7. The van der Waals surface area contributed by atoms with Crippen molar-refractivity contribution in [2.45, 2.75) is 11.8 Å². The first kappa shape index (κ1) is 16.3. The maximum Gasteiger partial charge on any atom is 0.262 e. The fourth-order valence-electron chi connectivity index (χ4n) is 1.92. The molecule has 8 heteroatoms. The second-order valence-electron chi connectivity index (χ2n) is 4.79. The van der Waals surface area contributed by atoms with Crippen LogP contribution in [0.3, 0.4) is 0 Å². The Balaban J connectivity index is 2.41. The molecule has 0 aliphatic heterocycles. The van der Waals surface area contributed by atoms with Gasteiger partial charge in [0.2, 0.25) is 10.0 Å². The zero-order chi connectivity index (χ0) is 16.4. The van der Waals surface area contributed by atoms with Crippen LogP contribution >= 0.6 is 0 Å². The van der Waals surface area contributed by atoms with Crippen molar-refractivity contribution < 1.29 is 16.8 Å². The number of aryl methyl sites for hydroxylation is 1. The number of benzene rings is 2. The molecule has 2 rings (SSSR count). The fraction of sp³-hybridized carbons (Fsp3) is 0.143. The van der Waals surface area contributed by atoms with Gasteiger partial charge in [-0.05, 0) is 30.7 Å². The van der Waals surface area contributed by atoms with E-state index in [0.717, 1.165) is 6.26 Å². The molecule has 0 atom stereocenters. The van der Waals surface area contributed by atoms with Crippen molar-refractivity contribution in [3.05, 3.63) is 54.1 Å². The van der Waals surface area contributed by atoms with Gasteiger partial charge in [0.05, 0.1) is 22.5 Å². The van der Waals surface area contributed by atoms with E-state index in [1.54, 1.807) is 37.3 Å². The van der Waals surface area contributed by atoms with Crippen molar-refractivity contribution in [3.8, 4) is 0 Å². The van der Waals surface area contributed by atoms with Crippen molar-refractivity contribution in [1.29, 1.82) is 0 Å². The topological polar surface area (TPSA) is 92.3 Å². The minimum Gasteiger partial charge on any atom is -0.282 e. The molecule has 0 aliphatic rings. The summed E-state index contributed by atoms with van der Waals surface area (Å²) in [5, 5.41) is 0. The molecule has 0 saturated carbocycles. The standard InChI is InChI=1S/C14H16N2O4S2/c1-11-7-3-6-10-14(11)22(19,20)16-13-9-5-4-8-12(13)15-21(2,17)18/h3-10,15-16H,1-2H3. The van der Waals surface area contributed by atoms with Crippen molar-refractivity contribution in [2.24, 2.45) is 0 Å². The van der Waals surface area contributed by atoms with E-state index >= 15 is 0 Å². The zero-order valence-corrected chi connectivity index (χ0v) is 13.7. The molecule has 0 amide bonds. The van der Waals surface area contributed by atoms with E-state index in [1.165, 1.54) is 18.2 Å². The van der Waals surface area contributed by atoms with E-state index in [-0.39, 0.29) is 16.3 Å². The van der Waals surface area contributed by atoms with Crippen LogP contribution in [0.5, 0.6) is 0 Å². The van der Waals surface area contributed by atoms with Crippen LogP contribution in [0.2, 0.25) is 0 Å². The van der Waals surface area contributed by atoms with Crippen LogP contribution in [0.15, 0.2) is 53.4 Å². The van der Waals surface area contributed by atoms with E-state index in [2.05, 4.69) is 9.44 Å². The van der Waals surface area contributed by atoms with Crippen LogP contribution in [-0.2, 0) is 20.0 Å². The Bertz CT molecular complexity index is 891. The molecule has 0 radical (unpaired) electrons. The van der Waals surface area contributed by atoms with Crippen molar-refractivity contribution >= 4 is 31.4 Å². The van der Waals surface area contributed by atoms with Gasteiger partial charge in [0, 0.05) is 0 Å². The number of sulfonamides is 2. The summed E-state index contributed by atoms with van der Waals surface area (Å²) in [5.41, 5.74) is 0.932. The Labute approximate surface area is 130 Å². The summed E-state index contributed by atoms with van der Waals surface area (Å²) >= 11 is 0. The monoisotopic (exact) mass is 340 g/mol. The largest absolute Gasteiger partial charge is 0.282 e. The number of hydrogen-bond donors (Lipinski definition) is 2. The third-order valence-corrected chi connectivity index (χ3v) is 4.97. The highest BCUT2D eigenvalue weighted by Crippen LogP contribution is 2.26. The van der Waals surface area contributed by atoms with Crippen LogP contribution in [0, 0.1) is 6.92 Å². The van der Waals surface area contributed by atoms with Gasteiger partial charge in [-0.15, -0.1) is 0 Å². The van der Waals surface area contributed by atoms with Crippen molar-refractivity contribution in [3.63, 3.8) is 0 Å². The minimum absolute atomic E-state index is 0.143. The van der Waals surface area contributed by atoms with Gasteiger partial charge in [0.15, 0.2) is 0 Å². The Morgan fingerprint density at radius 3 is 1.82 bits per heavy atom. The first-order chi connectivity index (χ1) is 10.2. The lowest BCUT2D eigenvalue weighted by atomic mass is 10.2. The number of rotatable bonds is 5. The molecular formula is C14H16N2O4S2. The number of para-hydroxylation sites is 2. The number of anilines is 2. The van der Waals surface area contributed by atoms with Gasteiger partial charge < -0.3 is 0 Å². The lowest BCUT2D eigenvalue weighted by Crippen LogP contribution is -2.17. The summed E-state index contributed by atoms with van der Waals surface area (Å²) in [7, 11) is -7.32. The Morgan fingerprint density at radius 2 is 1.27 bits per heavy atom. The molecule has 0 heterocycles. The van der Waals surface area contributed by atoms with Crippen LogP contribution in [0.25, 0.3) is 0 Å². The molecule has 0 spiro atoms. The maximum absolute atomic E-state index is 12.5. The molecule has 0 unspecified atom stereocenters. The van der Waals surface area contributed by atoms with Gasteiger partial charge in [0.1, 0.15) is 0 Å². The molecule has 0 bridgehead atoms. The van der Waals surface area contributed by atoms with Crippen molar-refractivity contribution in [2.75, 3.05) is 15.7 Å². The summed E-state index contributed by atoms with van der Waals surface area (Å²) in [4.78, 5) is 0.143. The first-order valence-corrected chi connectivity index (χ1v) is 9.72. The third kappa shape index (κ3) is 3.99. The average Bonchev–Trinajstić information content (AvgIpc) is 2.39. The van der Waals surface area contributed by atoms with Gasteiger partial charge in [0.25, 0.3) is 10.0 Å². The molecule has 0 fully saturated rings. The normalized spacial score (nSPS) is 11.9. The van der Waals surface area contributed by atoms with Gasteiger partial charge in [-0.25, -0.2) is 16.8 Å². The highest BCUT2D eigenvalue weighted by atomic mass is 32.2. The molecule has 0 aliphatic carbocycles. The predicted octanol–water partition coefficient (Wildman–Crippen LogP) is 2.17. The lowest BCUT2D eigenvalue weighted by Gasteiger charge is -2.14. The summed E-state index contributed by atoms with van der Waals surface area (Å²) < 4.78 is 52.3. The molecular weight excluding hydrogens is 324 g/mol. The van der Waals surface area contributed by atoms with Gasteiger partial charge in [-0.2, -0.15) is 0 Å². The minimum atomic E-state index is -3.81. The molecule has 2 N–H and O–H groups in total. The Kier molecular flexibility index (Phi) is 4.43. The maximum atomic E-state index is 12.5. The van der Waals surface area contributed by atoms with Gasteiger partial charge in [-0.1, -0.05) is 30.3 Å². The smallest absolute Gasteiger partial charge is 0.262 e. The second kappa shape index (κ2) is 5.98. The van der Waals surface area contributed by atoms with Crippen LogP contribution in [-0.4, -0.2) is 23.1 Å². The van der Waals surface area contributed by atoms with E-state index < -0.39 is 20.0 Å². The average molecular weight is 340 g/mol. The molecule has 22 heavy (non-hydrogen) atoms. The zero-order valence-electron chi connectivity index (χ0n) is 12.1. The highest BCUT2D eigenvalue weighted by Gasteiger charge is 2.18. The van der Waals surface area contributed by atoms with Crippen LogP contribution in [0.4, 0.5) is 11.4 Å². The van der Waals surface area contributed by atoms with Gasteiger partial charge >= 0.3 is 0 Å². The molecule has 0 saturated heterocycles. The van der Waals surface area contributed by atoms with E-state index in [4.69, 9.17) is 0 Å². The first-order valence-electron chi connectivity index (χ1n) is 6.34. The van der Waals surface area contributed by atoms with Crippen LogP contribution in [0.1, 0.15) is 5.56 Å². The molecule has 0 aromatic heterocycles. The third-order valence-electron chi connectivity index (χ3n) is 2.85. The summed E-state index contributed by atoms with van der Waals surface area (Å²) in [5.74, 6) is 0. The van der Waals surface area contributed by atoms with Crippen LogP contribution < -0.4 is 9.44 Å². The van der Waals surface area contributed by atoms with Crippen molar-refractivity contribution in [1.82, 2.24) is 0 Å². The number of nitrogens with one attached hydrogen (secondary N) is 2. The highest BCUT2D eigenvalue weighted by molar-refractivity contribution is 7.93. The fourth-order valence-corrected chi connectivity index (χ4v) is 3.82. The lowest BCUT2D eigenvalue weighted by molar-refractivity contribution is 0.600. The quantitative estimate of drug-likeness (QED) is 0.872. The van der Waals surface area contributed by atoms with E-state index in [1.807, 2.05) is 0 Å². The van der Waals surface area contributed by atoms with E-state index in [9.17, 15) is 16.8 Å². The Morgan fingerprint density at radius 1 is 0.773 bits per heavy atom. The summed E-state index contributed by atoms with van der Waals surface area (Å²) in [6.07, 6.45) is 1.000. The number of hydrogen-bond acceptors (Lipinski definition) is 4. The SMILES string of the molecule is Cc1ccccc1S(=O)(=O)Nc1ccccc1NS(C)(=O)=O. The molecule has 6 nitrogen and oxygen atoms in total. The molecule has 2 aromatic rings. The molecule has 2 aromatic carbocycles. The predicted molar refractivity (Wildman–Crippen MR) is 86.9 cm³/mol. The Hall–Kier alpha value is -2.06. The molecule has 118 valence electrons. The second-order valence-corrected chi connectivity index (χ2v) is 8.19.